The maximum Gasteiger partial charge on any atom is 0.154 e. The second-order valence-electron chi connectivity index (χ2n) is 4.41. The van der Waals surface area contributed by atoms with Crippen LogP contribution in [0.2, 0.25) is 0 Å². The van der Waals surface area contributed by atoms with Crippen molar-refractivity contribution >= 4 is 25.8 Å². The third-order valence-corrected chi connectivity index (χ3v) is 4.85. The second-order valence-corrected chi connectivity index (χ2v) is 7.44. The van der Waals surface area contributed by atoms with Gasteiger partial charge in [0.1, 0.15) is 0 Å². The molecule has 0 aromatic heterocycles. The van der Waals surface area contributed by atoms with E-state index in [1.165, 1.54) is 0 Å². The van der Waals surface area contributed by atoms with Crippen molar-refractivity contribution < 1.29 is 13.5 Å². The molecule has 1 N–H and O–H groups in total. The molecule has 0 saturated carbocycles. The first-order valence-corrected chi connectivity index (χ1v) is 8.02. The summed E-state index contributed by atoms with van der Waals surface area (Å²) >= 11 is 3.34. The molecule has 5 heteroatoms. The molecule has 0 aliphatic heterocycles. The highest BCUT2D eigenvalue weighted by atomic mass is 79.9. The Balaban J connectivity index is 2.83. The van der Waals surface area contributed by atoms with Gasteiger partial charge in [-0.2, -0.15) is 0 Å². The van der Waals surface area contributed by atoms with Crippen molar-refractivity contribution in [2.24, 2.45) is 5.92 Å². The zero-order valence-corrected chi connectivity index (χ0v) is 12.4. The van der Waals surface area contributed by atoms with Crippen LogP contribution in [-0.2, 0) is 15.6 Å². The number of sulfone groups is 1. The van der Waals surface area contributed by atoms with Gasteiger partial charge in [-0.15, -0.1) is 0 Å². The molecule has 0 spiro atoms. The first kappa shape index (κ1) is 14.7. The zero-order valence-electron chi connectivity index (χ0n) is 9.98. The Bertz CT molecular complexity index is 483. The molecule has 0 aliphatic carbocycles. The van der Waals surface area contributed by atoms with Gasteiger partial charge in [-0.25, -0.2) is 8.42 Å². The fourth-order valence-corrected chi connectivity index (χ4v) is 3.97. The van der Waals surface area contributed by atoms with Crippen LogP contribution in [0.5, 0.6) is 0 Å². The summed E-state index contributed by atoms with van der Waals surface area (Å²) in [6, 6.07) is 5.56. The molecule has 0 amide bonds. The van der Waals surface area contributed by atoms with Crippen LogP contribution >= 0.6 is 15.9 Å². The molecule has 1 aromatic rings. The van der Waals surface area contributed by atoms with Gasteiger partial charge < -0.3 is 5.11 Å². The van der Waals surface area contributed by atoms with E-state index < -0.39 is 9.84 Å². The maximum absolute atomic E-state index is 11.9. The number of halogens is 1. The number of hydrogen-bond donors (Lipinski definition) is 1. The van der Waals surface area contributed by atoms with Crippen molar-refractivity contribution in [1.29, 1.82) is 0 Å². The monoisotopic (exact) mass is 320 g/mol. The number of rotatable bonds is 5. The highest BCUT2D eigenvalue weighted by Gasteiger charge is 2.17. The molecule has 0 saturated heterocycles. The molecular weight excluding hydrogens is 304 g/mol. The lowest BCUT2D eigenvalue weighted by atomic mass is 10.1. The number of aliphatic hydroxyl groups is 1. The molecule has 1 atom stereocenters. The third kappa shape index (κ3) is 4.77. The molecule has 0 radical (unpaired) electrons. The summed E-state index contributed by atoms with van der Waals surface area (Å²) < 4.78 is 24.7. The number of aryl methyl sites for hydroxylation is 1. The van der Waals surface area contributed by atoms with E-state index in [1.807, 2.05) is 25.1 Å². The van der Waals surface area contributed by atoms with Crippen molar-refractivity contribution in [1.82, 2.24) is 0 Å². The first-order chi connectivity index (χ1) is 7.84. The van der Waals surface area contributed by atoms with Gasteiger partial charge in [0.2, 0.25) is 0 Å². The van der Waals surface area contributed by atoms with Crippen molar-refractivity contribution in [3.8, 4) is 0 Å². The van der Waals surface area contributed by atoms with E-state index in [1.54, 1.807) is 6.92 Å². The van der Waals surface area contributed by atoms with E-state index in [0.717, 1.165) is 15.6 Å². The van der Waals surface area contributed by atoms with E-state index >= 15 is 0 Å². The first-order valence-electron chi connectivity index (χ1n) is 5.40. The second kappa shape index (κ2) is 5.98. The zero-order chi connectivity index (χ0) is 13.1. The summed E-state index contributed by atoms with van der Waals surface area (Å²) in [5, 5.41) is 8.88. The Hall–Kier alpha value is -0.390. The third-order valence-electron chi connectivity index (χ3n) is 2.53. The molecule has 3 nitrogen and oxygen atoms in total. The Morgan fingerprint density at radius 2 is 2.06 bits per heavy atom. The highest BCUT2D eigenvalue weighted by molar-refractivity contribution is 9.10. The molecule has 1 rings (SSSR count). The maximum atomic E-state index is 11.9. The van der Waals surface area contributed by atoms with Gasteiger partial charge in [0.15, 0.2) is 9.84 Å². The quantitative estimate of drug-likeness (QED) is 0.905. The summed E-state index contributed by atoms with van der Waals surface area (Å²) in [6.45, 7) is 3.52. The fraction of sp³-hybridized carbons (Fsp3) is 0.500. The van der Waals surface area contributed by atoms with Crippen molar-refractivity contribution in [3.63, 3.8) is 0 Å². The van der Waals surface area contributed by atoms with Gasteiger partial charge in [-0.05, 0) is 36.1 Å². The van der Waals surface area contributed by atoms with Gasteiger partial charge in [0.05, 0.1) is 11.5 Å². The largest absolute Gasteiger partial charge is 0.396 e. The summed E-state index contributed by atoms with van der Waals surface area (Å²) in [6.07, 6.45) is 0. The van der Waals surface area contributed by atoms with Gasteiger partial charge in [0.25, 0.3) is 0 Å². The molecular formula is C12H17BrO3S. The Labute approximate surface area is 111 Å². The van der Waals surface area contributed by atoms with Crippen molar-refractivity contribution in [2.45, 2.75) is 19.6 Å². The minimum atomic E-state index is -3.16. The van der Waals surface area contributed by atoms with Crippen LogP contribution in [0, 0.1) is 12.8 Å². The van der Waals surface area contributed by atoms with Gasteiger partial charge in [-0.3, -0.25) is 0 Å². The van der Waals surface area contributed by atoms with Crippen LogP contribution in [0.1, 0.15) is 18.1 Å². The average Bonchev–Trinajstić information content (AvgIpc) is 2.21. The minimum Gasteiger partial charge on any atom is -0.396 e. The Morgan fingerprint density at radius 1 is 1.41 bits per heavy atom. The summed E-state index contributed by atoms with van der Waals surface area (Å²) in [4.78, 5) is 0. The lowest BCUT2D eigenvalue weighted by Crippen LogP contribution is -2.18. The standard InChI is InChI=1S/C12H17BrO3S/c1-9(6-14)7-17(15,16)8-11-3-4-12(13)5-10(11)2/h3-5,9,14H,6-8H2,1-2H3. The van der Waals surface area contributed by atoms with Gasteiger partial charge in [-0.1, -0.05) is 28.9 Å². The van der Waals surface area contributed by atoms with E-state index in [0.29, 0.717) is 0 Å². The molecule has 1 aromatic carbocycles. The number of hydrogen-bond acceptors (Lipinski definition) is 3. The summed E-state index contributed by atoms with van der Waals surface area (Å²) in [5.41, 5.74) is 1.78. The topological polar surface area (TPSA) is 54.4 Å². The summed E-state index contributed by atoms with van der Waals surface area (Å²) in [7, 11) is -3.16. The molecule has 0 bridgehead atoms. The lowest BCUT2D eigenvalue weighted by molar-refractivity contribution is 0.249. The molecule has 0 heterocycles. The predicted octanol–water partition coefficient (Wildman–Crippen LogP) is 2.30. The fourth-order valence-electron chi connectivity index (χ4n) is 1.60. The van der Waals surface area contributed by atoms with Crippen LogP contribution in [0.25, 0.3) is 0 Å². The Morgan fingerprint density at radius 3 is 2.59 bits per heavy atom. The molecule has 96 valence electrons. The van der Waals surface area contributed by atoms with Crippen LogP contribution in [-0.4, -0.2) is 25.9 Å². The Kier molecular flexibility index (Phi) is 5.16. The highest BCUT2D eigenvalue weighted by Crippen LogP contribution is 2.18. The molecule has 0 fully saturated rings. The van der Waals surface area contributed by atoms with E-state index in [4.69, 9.17) is 5.11 Å². The minimum absolute atomic E-state index is 0.0268. The van der Waals surface area contributed by atoms with E-state index in [9.17, 15) is 8.42 Å². The molecule has 1 unspecified atom stereocenters. The van der Waals surface area contributed by atoms with Gasteiger partial charge in [0, 0.05) is 11.1 Å². The normalized spacial score (nSPS) is 13.6. The van der Waals surface area contributed by atoms with E-state index in [2.05, 4.69) is 15.9 Å². The van der Waals surface area contributed by atoms with E-state index in [-0.39, 0.29) is 24.0 Å². The predicted molar refractivity (Wildman–Crippen MR) is 72.6 cm³/mol. The smallest absolute Gasteiger partial charge is 0.154 e. The summed E-state index contributed by atoms with van der Waals surface area (Å²) in [5.74, 6) is -0.147. The van der Waals surface area contributed by atoms with Crippen molar-refractivity contribution in [2.75, 3.05) is 12.4 Å². The van der Waals surface area contributed by atoms with Crippen LogP contribution < -0.4 is 0 Å². The lowest BCUT2D eigenvalue weighted by Gasteiger charge is -2.10. The number of aliphatic hydroxyl groups excluding tert-OH is 1. The van der Waals surface area contributed by atoms with Crippen LogP contribution in [0.4, 0.5) is 0 Å². The van der Waals surface area contributed by atoms with Crippen LogP contribution in [0.15, 0.2) is 22.7 Å². The number of benzene rings is 1. The van der Waals surface area contributed by atoms with Crippen LogP contribution in [0.3, 0.4) is 0 Å². The average molecular weight is 321 g/mol. The molecule has 17 heavy (non-hydrogen) atoms. The SMILES string of the molecule is Cc1cc(Br)ccc1CS(=O)(=O)CC(C)CO. The van der Waals surface area contributed by atoms with Gasteiger partial charge >= 0.3 is 0 Å². The molecule has 0 aliphatic rings. The van der Waals surface area contributed by atoms with Crippen molar-refractivity contribution in [3.05, 3.63) is 33.8 Å².